The van der Waals surface area contributed by atoms with Gasteiger partial charge in [0.05, 0.1) is 13.7 Å². The summed E-state index contributed by atoms with van der Waals surface area (Å²) < 4.78 is 9.83. The number of hydrogen-bond acceptors (Lipinski definition) is 4. The van der Waals surface area contributed by atoms with Crippen LogP contribution in [0, 0.1) is 0 Å². The molecule has 0 spiro atoms. The lowest BCUT2D eigenvalue weighted by Gasteiger charge is -2.12. The van der Waals surface area contributed by atoms with Crippen molar-refractivity contribution < 1.29 is 19.1 Å². The fourth-order valence-corrected chi connectivity index (χ4v) is 1.47. The van der Waals surface area contributed by atoms with E-state index < -0.39 is 5.97 Å². The Bertz CT molecular complexity index is 479. The Morgan fingerprint density at radius 1 is 1.25 bits per heavy atom. The van der Waals surface area contributed by atoms with E-state index in [-0.39, 0.29) is 12.5 Å². The van der Waals surface area contributed by atoms with Gasteiger partial charge in [0, 0.05) is 13.1 Å². The highest BCUT2D eigenvalue weighted by molar-refractivity contribution is 5.93. The predicted octanol–water partition coefficient (Wildman–Crippen LogP) is 1.73. The average Bonchev–Trinajstić information content (AvgIpc) is 2.46. The summed E-state index contributed by atoms with van der Waals surface area (Å²) in [4.78, 5) is 24.1. The number of hydrogen-bond donors (Lipinski definition) is 0. The van der Waals surface area contributed by atoms with Crippen molar-refractivity contribution in [2.24, 2.45) is 0 Å². The van der Waals surface area contributed by atoms with Crippen molar-refractivity contribution >= 4 is 18.0 Å². The van der Waals surface area contributed by atoms with Crippen molar-refractivity contribution in [2.75, 3.05) is 27.3 Å². The van der Waals surface area contributed by atoms with Crippen molar-refractivity contribution in [2.45, 2.75) is 6.92 Å². The molecule has 0 aromatic heterocycles. The third-order valence-electron chi connectivity index (χ3n) is 2.58. The van der Waals surface area contributed by atoms with E-state index in [9.17, 15) is 9.59 Å². The van der Waals surface area contributed by atoms with Gasteiger partial charge in [-0.1, -0.05) is 12.1 Å². The maximum atomic E-state index is 11.7. The molecule has 1 aromatic carbocycles. The van der Waals surface area contributed by atoms with Crippen LogP contribution in [-0.4, -0.2) is 44.1 Å². The quantitative estimate of drug-likeness (QED) is 0.587. The molecular weight excluding hydrogens is 258 g/mol. The van der Waals surface area contributed by atoms with E-state index in [1.165, 1.54) is 18.1 Å². The summed E-state index contributed by atoms with van der Waals surface area (Å²) in [6, 6.07) is 7.39. The fourth-order valence-electron chi connectivity index (χ4n) is 1.47. The molecule has 5 heteroatoms. The van der Waals surface area contributed by atoms with Gasteiger partial charge in [0.1, 0.15) is 12.3 Å². The number of methoxy groups -OCH3 is 1. The van der Waals surface area contributed by atoms with E-state index >= 15 is 0 Å². The number of rotatable bonds is 6. The molecule has 20 heavy (non-hydrogen) atoms. The lowest BCUT2D eigenvalue weighted by Crippen LogP contribution is -2.31. The zero-order chi connectivity index (χ0) is 15.0. The van der Waals surface area contributed by atoms with Gasteiger partial charge in [-0.25, -0.2) is 0 Å². The number of benzene rings is 1. The van der Waals surface area contributed by atoms with Crippen molar-refractivity contribution in [3.05, 3.63) is 35.9 Å². The van der Waals surface area contributed by atoms with Gasteiger partial charge in [-0.05, 0) is 30.7 Å². The Kier molecular flexibility index (Phi) is 6.29. The molecule has 0 aliphatic carbocycles. The molecule has 0 bridgehead atoms. The molecule has 0 radical (unpaired) electrons. The third kappa shape index (κ3) is 5.14. The summed E-state index contributed by atoms with van der Waals surface area (Å²) in [5.41, 5.74) is 0.883. The van der Waals surface area contributed by atoms with Crippen LogP contribution in [0.5, 0.6) is 5.75 Å². The minimum Gasteiger partial charge on any atom is -0.494 e. The average molecular weight is 277 g/mol. The topological polar surface area (TPSA) is 55.8 Å². The van der Waals surface area contributed by atoms with Gasteiger partial charge >= 0.3 is 5.97 Å². The SMILES string of the molecule is CCOc1ccc(C=CC(=O)N(C)CC(=O)OC)cc1. The molecule has 1 amide bonds. The first kappa shape index (κ1) is 15.8. The standard InChI is InChI=1S/C15H19NO4/c1-4-20-13-8-5-12(6-9-13)7-10-14(17)16(2)11-15(18)19-3/h5-10H,4,11H2,1-3H3. The molecule has 0 atom stereocenters. The monoisotopic (exact) mass is 277 g/mol. The smallest absolute Gasteiger partial charge is 0.325 e. The minimum atomic E-state index is -0.449. The Morgan fingerprint density at radius 2 is 1.90 bits per heavy atom. The highest BCUT2D eigenvalue weighted by Gasteiger charge is 2.09. The predicted molar refractivity (Wildman–Crippen MR) is 76.3 cm³/mol. The Labute approximate surface area is 118 Å². The second kappa shape index (κ2) is 7.99. The molecular formula is C15H19NO4. The number of amides is 1. The third-order valence-corrected chi connectivity index (χ3v) is 2.58. The molecule has 5 nitrogen and oxygen atoms in total. The molecule has 0 aliphatic heterocycles. The van der Waals surface area contributed by atoms with E-state index in [4.69, 9.17) is 4.74 Å². The number of esters is 1. The molecule has 0 saturated carbocycles. The van der Waals surface area contributed by atoms with E-state index in [2.05, 4.69) is 4.74 Å². The summed E-state index contributed by atoms with van der Waals surface area (Å²) >= 11 is 0. The highest BCUT2D eigenvalue weighted by atomic mass is 16.5. The summed E-state index contributed by atoms with van der Waals surface area (Å²) in [7, 11) is 2.83. The van der Waals surface area contributed by atoms with E-state index in [0.717, 1.165) is 11.3 Å². The number of carbonyl (C=O) groups excluding carboxylic acids is 2. The summed E-state index contributed by atoms with van der Waals surface area (Å²) in [6.45, 7) is 2.47. The van der Waals surface area contributed by atoms with Crippen LogP contribution in [0.25, 0.3) is 6.08 Å². The van der Waals surface area contributed by atoms with Crippen LogP contribution in [0.3, 0.4) is 0 Å². The van der Waals surface area contributed by atoms with Crippen LogP contribution >= 0.6 is 0 Å². The van der Waals surface area contributed by atoms with Crippen LogP contribution in [0.15, 0.2) is 30.3 Å². The first-order valence-corrected chi connectivity index (χ1v) is 6.29. The molecule has 1 aromatic rings. The molecule has 0 fully saturated rings. The Morgan fingerprint density at radius 3 is 2.45 bits per heavy atom. The van der Waals surface area contributed by atoms with Gasteiger partial charge in [0.25, 0.3) is 0 Å². The van der Waals surface area contributed by atoms with Gasteiger partial charge in [-0.2, -0.15) is 0 Å². The van der Waals surface area contributed by atoms with Crippen molar-refractivity contribution in [1.82, 2.24) is 4.90 Å². The lowest BCUT2D eigenvalue weighted by molar-refractivity contribution is -0.144. The van der Waals surface area contributed by atoms with E-state index in [1.54, 1.807) is 13.1 Å². The van der Waals surface area contributed by atoms with Crippen molar-refractivity contribution in [3.63, 3.8) is 0 Å². The maximum Gasteiger partial charge on any atom is 0.325 e. The fraction of sp³-hybridized carbons (Fsp3) is 0.333. The summed E-state index contributed by atoms with van der Waals surface area (Å²) in [6.07, 6.45) is 3.10. The van der Waals surface area contributed by atoms with E-state index in [1.807, 2.05) is 31.2 Å². The second-order valence-corrected chi connectivity index (χ2v) is 4.11. The van der Waals surface area contributed by atoms with Crippen molar-refractivity contribution in [1.29, 1.82) is 0 Å². The largest absolute Gasteiger partial charge is 0.494 e. The Hall–Kier alpha value is -2.30. The molecule has 108 valence electrons. The van der Waals surface area contributed by atoms with Crippen molar-refractivity contribution in [3.8, 4) is 5.75 Å². The van der Waals surface area contributed by atoms with Crippen LogP contribution in [0.4, 0.5) is 0 Å². The lowest BCUT2D eigenvalue weighted by atomic mass is 10.2. The van der Waals surface area contributed by atoms with E-state index in [0.29, 0.717) is 6.61 Å². The zero-order valence-corrected chi connectivity index (χ0v) is 12.0. The zero-order valence-electron chi connectivity index (χ0n) is 12.0. The molecule has 0 saturated heterocycles. The maximum absolute atomic E-state index is 11.7. The Balaban J connectivity index is 2.58. The summed E-state index contributed by atoms with van der Waals surface area (Å²) in [5, 5.41) is 0. The van der Waals surface area contributed by atoms with Crippen LogP contribution in [-0.2, 0) is 14.3 Å². The summed E-state index contributed by atoms with van der Waals surface area (Å²) in [5.74, 6) is 0.0818. The van der Waals surface area contributed by atoms with Gasteiger partial charge in [0.2, 0.25) is 5.91 Å². The molecule has 1 rings (SSSR count). The molecule has 0 heterocycles. The second-order valence-electron chi connectivity index (χ2n) is 4.11. The first-order valence-electron chi connectivity index (χ1n) is 6.29. The van der Waals surface area contributed by atoms with Crippen LogP contribution in [0.2, 0.25) is 0 Å². The van der Waals surface area contributed by atoms with Gasteiger partial charge in [-0.15, -0.1) is 0 Å². The number of carbonyl (C=O) groups is 2. The normalized spacial score (nSPS) is 10.3. The minimum absolute atomic E-state index is 0.0665. The molecule has 0 aliphatic rings. The van der Waals surface area contributed by atoms with Gasteiger partial charge in [-0.3, -0.25) is 9.59 Å². The number of likely N-dealkylation sites (N-methyl/N-ethyl adjacent to an activating group) is 1. The number of nitrogens with zero attached hydrogens (tertiary/aromatic N) is 1. The van der Waals surface area contributed by atoms with Gasteiger partial charge < -0.3 is 14.4 Å². The van der Waals surface area contributed by atoms with Crippen LogP contribution in [0.1, 0.15) is 12.5 Å². The molecule has 0 unspecified atom stereocenters. The number of ether oxygens (including phenoxy) is 2. The highest BCUT2D eigenvalue weighted by Crippen LogP contribution is 2.13. The first-order chi connectivity index (χ1) is 9.56. The molecule has 0 N–H and O–H groups in total. The van der Waals surface area contributed by atoms with Crippen LogP contribution < -0.4 is 4.74 Å². The van der Waals surface area contributed by atoms with Gasteiger partial charge in [0.15, 0.2) is 0 Å².